The van der Waals surface area contributed by atoms with Crippen LogP contribution >= 0.6 is 11.3 Å². The topological polar surface area (TPSA) is 60.2 Å². The number of hydrogen-bond acceptors (Lipinski definition) is 5. The molecule has 0 saturated carbocycles. The van der Waals surface area contributed by atoms with E-state index in [1.165, 1.54) is 11.3 Å². The average Bonchev–Trinajstić information content (AvgIpc) is 3.23. The highest BCUT2D eigenvalue weighted by atomic mass is 32.1. The maximum atomic E-state index is 12.5. The molecule has 124 valence electrons. The normalized spacial score (nSPS) is 10.6. The van der Waals surface area contributed by atoms with E-state index in [9.17, 15) is 4.79 Å². The third-order valence-electron chi connectivity index (χ3n) is 3.59. The number of methoxy groups -OCH3 is 1. The SMILES string of the molecule is COc1ccc(-c2nc(C(=O)N(C)Cc3cnn(C)c3)cs2)cc1. The molecule has 3 rings (SSSR count). The van der Waals surface area contributed by atoms with Crippen LogP contribution in [0.4, 0.5) is 0 Å². The molecule has 6 nitrogen and oxygen atoms in total. The minimum Gasteiger partial charge on any atom is -0.497 e. The van der Waals surface area contributed by atoms with Crippen molar-refractivity contribution in [2.75, 3.05) is 14.2 Å². The summed E-state index contributed by atoms with van der Waals surface area (Å²) in [6.45, 7) is 0.502. The highest BCUT2D eigenvalue weighted by molar-refractivity contribution is 7.13. The van der Waals surface area contributed by atoms with Gasteiger partial charge in [-0.2, -0.15) is 5.10 Å². The Kier molecular flexibility index (Phi) is 4.61. The Labute approximate surface area is 144 Å². The third kappa shape index (κ3) is 3.46. The molecule has 0 spiro atoms. The summed E-state index contributed by atoms with van der Waals surface area (Å²) in [5, 5.41) is 6.72. The van der Waals surface area contributed by atoms with Crippen LogP contribution in [0.15, 0.2) is 42.0 Å². The van der Waals surface area contributed by atoms with Crippen LogP contribution in [0.2, 0.25) is 0 Å². The van der Waals surface area contributed by atoms with Gasteiger partial charge in [0.05, 0.1) is 13.3 Å². The number of thiazole rings is 1. The van der Waals surface area contributed by atoms with Gasteiger partial charge in [0.25, 0.3) is 5.91 Å². The minimum absolute atomic E-state index is 0.102. The van der Waals surface area contributed by atoms with Crippen LogP contribution < -0.4 is 4.74 Å². The molecule has 0 unspecified atom stereocenters. The van der Waals surface area contributed by atoms with Crippen molar-refractivity contribution in [2.24, 2.45) is 7.05 Å². The second-order valence-electron chi connectivity index (χ2n) is 5.45. The van der Waals surface area contributed by atoms with Crippen LogP contribution in [-0.2, 0) is 13.6 Å². The van der Waals surface area contributed by atoms with E-state index in [-0.39, 0.29) is 5.91 Å². The summed E-state index contributed by atoms with van der Waals surface area (Å²) in [5.74, 6) is 0.692. The molecule has 0 aliphatic heterocycles. The van der Waals surface area contributed by atoms with Gasteiger partial charge in [-0.05, 0) is 24.3 Å². The second kappa shape index (κ2) is 6.84. The molecule has 7 heteroatoms. The lowest BCUT2D eigenvalue weighted by Crippen LogP contribution is -2.26. The fourth-order valence-electron chi connectivity index (χ4n) is 2.33. The van der Waals surface area contributed by atoms with Crippen LogP contribution in [0.5, 0.6) is 5.75 Å². The van der Waals surface area contributed by atoms with Gasteiger partial charge in [0, 0.05) is 43.3 Å². The maximum Gasteiger partial charge on any atom is 0.273 e. The van der Waals surface area contributed by atoms with Crippen molar-refractivity contribution in [3.8, 4) is 16.3 Å². The molecular formula is C17H18N4O2S. The first-order chi connectivity index (χ1) is 11.6. The number of aryl methyl sites for hydroxylation is 1. The number of aromatic nitrogens is 3. The first-order valence-electron chi connectivity index (χ1n) is 7.40. The van der Waals surface area contributed by atoms with Crippen LogP contribution in [0.25, 0.3) is 10.6 Å². The highest BCUT2D eigenvalue weighted by Crippen LogP contribution is 2.26. The quantitative estimate of drug-likeness (QED) is 0.715. The maximum absolute atomic E-state index is 12.5. The molecule has 2 heterocycles. The summed E-state index contributed by atoms with van der Waals surface area (Å²) in [7, 11) is 5.25. The third-order valence-corrected chi connectivity index (χ3v) is 4.48. The number of carbonyl (C=O) groups excluding carboxylic acids is 1. The Hall–Kier alpha value is -2.67. The molecule has 0 aliphatic carbocycles. The fourth-order valence-corrected chi connectivity index (χ4v) is 3.13. The highest BCUT2D eigenvalue weighted by Gasteiger charge is 2.17. The van der Waals surface area contributed by atoms with Crippen molar-refractivity contribution < 1.29 is 9.53 Å². The molecule has 0 radical (unpaired) electrons. The summed E-state index contributed by atoms with van der Waals surface area (Å²) in [4.78, 5) is 18.6. The van der Waals surface area contributed by atoms with E-state index < -0.39 is 0 Å². The van der Waals surface area contributed by atoms with Crippen LogP contribution in [0.3, 0.4) is 0 Å². The number of ether oxygens (including phenoxy) is 1. The van der Waals surface area contributed by atoms with E-state index in [1.54, 1.807) is 35.3 Å². The Morgan fingerprint density at radius 3 is 2.71 bits per heavy atom. The molecular weight excluding hydrogens is 324 g/mol. The molecule has 24 heavy (non-hydrogen) atoms. The number of amides is 1. The van der Waals surface area contributed by atoms with Gasteiger partial charge in [0.15, 0.2) is 0 Å². The standard InChI is InChI=1S/C17H18N4O2S/c1-20(9-12-8-18-21(2)10-12)17(22)15-11-24-16(19-15)13-4-6-14(23-3)7-5-13/h4-8,10-11H,9H2,1-3H3. The molecule has 3 aromatic rings. The van der Waals surface area contributed by atoms with Gasteiger partial charge in [-0.3, -0.25) is 9.48 Å². The summed E-state index contributed by atoms with van der Waals surface area (Å²) in [5.41, 5.74) is 2.41. The molecule has 0 N–H and O–H groups in total. The lowest BCUT2D eigenvalue weighted by molar-refractivity contribution is 0.0780. The van der Waals surface area contributed by atoms with Crippen LogP contribution in [-0.4, -0.2) is 39.7 Å². The molecule has 0 atom stereocenters. The fraction of sp³-hybridized carbons (Fsp3) is 0.235. The molecule has 0 bridgehead atoms. The number of rotatable bonds is 5. The number of nitrogens with zero attached hydrogens (tertiary/aromatic N) is 4. The molecule has 0 fully saturated rings. The van der Waals surface area contributed by atoms with Gasteiger partial charge in [-0.1, -0.05) is 0 Å². The predicted molar refractivity (Wildman–Crippen MR) is 93.1 cm³/mol. The Bertz CT molecular complexity index is 838. The van der Waals surface area contributed by atoms with Gasteiger partial charge in [0.2, 0.25) is 0 Å². The summed E-state index contributed by atoms with van der Waals surface area (Å²) < 4.78 is 6.87. The number of hydrogen-bond donors (Lipinski definition) is 0. The molecule has 1 aromatic carbocycles. The van der Waals surface area contributed by atoms with Gasteiger partial charge in [-0.25, -0.2) is 4.98 Å². The monoisotopic (exact) mass is 342 g/mol. The molecule has 0 aliphatic rings. The molecule has 0 saturated heterocycles. The number of carbonyl (C=O) groups is 1. The zero-order valence-corrected chi connectivity index (χ0v) is 14.6. The van der Waals surface area contributed by atoms with Crippen molar-refractivity contribution in [1.82, 2.24) is 19.7 Å². The average molecular weight is 342 g/mol. The largest absolute Gasteiger partial charge is 0.497 e. The first-order valence-corrected chi connectivity index (χ1v) is 8.27. The summed E-state index contributed by atoms with van der Waals surface area (Å²) >= 11 is 1.46. The first kappa shape index (κ1) is 16.2. The zero-order valence-electron chi connectivity index (χ0n) is 13.8. The lowest BCUT2D eigenvalue weighted by atomic mass is 10.2. The van der Waals surface area contributed by atoms with Crippen molar-refractivity contribution in [1.29, 1.82) is 0 Å². The van der Waals surface area contributed by atoms with Gasteiger partial charge in [0.1, 0.15) is 16.5 Å². The number of benzene rings is 1. The summed E-state index contributed by atoms with van der Waals surface area (Å²) in [6.07, 6.45) is 3.65. The van der Waals surface area contributed by atoms with Crippen molar-refractivity contribution in [2.45, 2.75) is 6.54 Å². The molecule has 2 aromatic heterocycles. The Balaban J connectivity index is 1.72. The predicted octanol–water partition coefficient (Wildman–Crippen LogP) is 2.82. The van der Waals surface area contributed by atoms with Crippen LogP contribution in [0.1, 0.15) is 16.1 Å². The van der Waals surface area contributed by atoms with E-state index in [0.29, 0.717) is 12.2 Å². The van der Waals surface area contributed by atoms with Gasteiger partial charge in [-0.15, -0.1) is 11.3 Å². The van der Waals surface area contributed by atoms with E-state index in [4.69, 9.17) is 4.74 Å². The van der Waals surface area contributed by atoms with Gasteiger partial charge < -0.3 is 9.64 Å². The van der Waals surface area contributed by atoms with Gasteiger partial charge >= 0.3 is 0 Å². The lowest BCUT2D eigenvalue weighted by Gasteiger charge is -2.14. The Morgan fingerprint density at radius 2 is 2.08 bits per heavy atom. The van der Waals surface area contributed by atoms with Crippen LogP contribution in [0, 0.1) is 0 Å². The zero-order chi connectivity index (χ0) is 17.1. The van der Waals surface area contributed by atoms with E-state index in [2.05, 4.69) is 10.1 Å². The second-order valence-corrected chi connectivity index (χ2v) is 6.31. The van der Waals surface area contributed by atoms with E-state index in [0.717, 1.165) is 21.9 Å². The minimum atomic E-state index is -0.102. The van der Waals surface area contributed by atoms with Crippen molar-refractivity contribution in [3.05, 3.63) is 53.3 Å². The molecule has 1 amide bonds. The Morgan fingerprint density at radius 1 is 1.33 bits per heavy atom. The summed E-state index contributed by atoms with van der Waals surface area (Å²) in [6, 6.07) is 7.63. The van der Waals surface area contributed by atoms with E-state index in [1.807, 2.05) is 37.5 Å². The smallest absolute Gasteiger partial charge is 0.273 e. The van der Waals surface area contributed by atoms with Crippen molar-refractivity contribution in [3.63, 3.8) is 0 Å². The van der Waals surface area contributed by atoms with Crippen molar-refractivity contribution >= 4 is 17.2 Å². The van der Waals surface area contributed by atoms with E-state index >= 15 is 0 Å².